The van der Waals surface area contributed by atoms with Crippen LogP contribution in [-0.2, 0) is 10.0 Å². The molecule has 2 aromatic rings. The van der Waals surface area contributed by atoms with E-state index in [0.29, 0.717) is 16.9 Å². The zero-order valence-corrected chi connectivity index (χ0v) is 12.2. The van der Waals surface area contributed by atoms with E-state index in [1.165, 1.54) is 12.1 Å². The maximum absolute atomic E-state index is 12.3. The average Bonchev–Trinajstić information content (AvgIpc) is 2.48. The highest BCUT2D eigenvalue weighted by molar-refractivity contribution is 7.92. The topological polar surface area (TPSA) is 79.3 Å². The number of anilines is 1. The van der Waals surface area contributed by atoms with Gasteiger partial charge in [-0.15, -0.1) is 0 Å². The Hall–Kier alpha value is -2.36. The van der Waals surface area contributed by atoms with E-state index in [1.807, 2.05) is 0 Å². The van der Waals surface area contributed by atoms with E-state index >= 15 is 0 Å². The van der Waals surface area contributed by atoms with Gasteiger partial charge in [0.05, 0.1) is 16.3 Å². The van der Waals surface area contributed by atoms with Gasteiger partial charge in [0.15, 0.2) is 0 Å². The second-order valence-corrected chi connectivity index (χ2v) is 5.91. The lowest BCUT2D eigenvalue weighted by Gasteiger charge is -2.09. The molecule has 0 unspecified atom stereocenters. The van der Waals surface area contributed by atoms with Crippen LogP contribution in [-0.4, -0.2) is 25.1 Å². The molecule has 0 fully saturated rings. The van der Waals surface area contributed by atoms with Crippen molar-refractivity contribution in [2.24, 2.45) is 0 Å². The minimum atomic E-state index is -3.70. The van der Waals surface area contributed by atoms with Crippen LogP contribution in [0.2, 0.25) is 0 Å². The van der Waals surface area contributed by atoms with Crippen LogP contribution < -0.4 is 4.72 Å². The Morgan fingerprint density at radius 2 is 2.10 bits per heavy atom. The van der Waals surface area contributed by atoms with Crippen molar-refractivity contribution in [1.82, 2.24) is 4.98 Å². The Morgan fingerprint density at radius 3 is 2.81 bits per heavy atom. The molecule has 2 rings (SSSR count). The first-order valence-electron chi connectivity index (χ1n) is 6.17. The van der Waals surface area contributed by atoms with Gasteiger partial charge in [0, 0.05) is 11.8 Å². The highest BCUT2D eigenvalue weighted by Gasteiger charge is 2.15. The van der Waals surface area contributed by atoms with E-state index in [4.69, 9.17) is 5.11 Å². The third-order valence-electron chi connectivity index (χ3n) is 2.71. The predicted octanol–water partition coefficient (Wildman–Crippen LogP) is 1.53. The highest BCUT2D eigenvalue weighted by Crippen LogP contribution is 2.18. The summed E-state index contributed by atoms with van der Waals surface area (Å²) in [6.45, 7) is 1.45. The van der Waals surface area contributed by atoms with Crippen molar-refractivity contribution >= 4 is 15.7 Å². The summed E-state index contributed by atoms with van der Waals surface area (Å²) >= 11 is 0. The standard InChI is InChI=1S/C15H14N2O3S/c1-12-15(8-3-9-16-12)17-21(19,20)14-7-2-5-13(11-14)6-4-10-18/h2-3,5,7-9,11,17-18H,10H2,1H3. The first-order chi connectivity index (χ1) is 10.0. The second-order valence-electron chi connectivity index (χ2n) is 4.23. The zero-order valence-electron chi connectivity index (χ0n) is 11.4. The molecule has 0 atom stereocenters. The Morgan fingerprint density at radius 1 is 1.29 bits per heavy atom. The molecule has 0 bridgehead atoms. The molecule has 0 aliphatic rings. The lowest BCUT2D eigenvalue weighted by atomic mass is 10.2. The molecule has 0 aliphatic heterocycles. The summed E-state index contributed by atoms with van der Waals surface area (Å²) in [4.78, 5) is 4.14. The van der Waals surface area contributed by atoms with Gasteiger partial charge >= 0.3 is 0 Å². The van der Waals surface area contributed by atoms with Gasteiger partial charge in [0.2, 0.25) is 0 Å². The quantitative estimate of drug-likeness (QED) is 0.843. The van der Waals surface area contributed by atoms with Crippen LogP contribution in [0, 0.1) is 18.8 Å². The predicted molar refractivity (Wildman–Crippen MR) is 80.2 cm³/mol. The van der Waals surface area contributed by atoms with Crippen molar-refractivity contribution in [3.05, 3.63) is 53.9 Å². The fourth-order valence-electron chi connectivity index (χ4n) is 1.68. The van der Waals surface area contributed by atoms with Crippen molar-refractivity contribution in [1.29, 1.82) is 0 Å². The maximum atomic E-state index is 12.3. The first-order valence-corrected chi connectivity index (χ1v) is 7.65. The van der Waals surface area contributed by atoms with Gasteiger partial charge in [-0.05, 0) is 37.3 Å². The Kier molecular flexibility index (Phi) is 4.58. The van der Waals surface area contributed by atoms with E-state index in [2.05, 4.69) is 21.5 Å². The molecule has 108 valence electrons. The highest BCUT2D eigenvalue weighted by atomic mass is 32.2. The van der Waals surface area contributed by atoms with Gasteiger partial charge in [-0.25, -0.2) is 8.42 Å². The minimum Gasteiger partial charge on any atom is -0.384 e. The molecule has 5 nitrogen and oxygen atoms in total. The monoisotopic (exact) mass is 302 g/mol. The number of nitrogens with one attached hydrogen (secondary N) is 1. The number of nitrogens with zero attached hydrogens (tertiary/aromatic N) is 1. The smallest absolute Gasteiger partial charge is 0.261 e. The number of hydrogen-bond donors (Lipinski definition) is 2. The molecular weight excluding hydrogens is 288 g/mol. The third-order valence-corrected chi connectivity index (χ3v) is 4.07. The molecule has 0 amide bonds. The van der Waals surface area contributed by atoms with Crippen LogP contribution in [0.5, 0.6) is 0 Å². The molecule has 0 spiro atoms. The number of benzene rings is 1. The summed E-state index contributed by atoms with van der Waals surface area (Å²) < 4.78 is 27.2. The first kappa shape index (κ1) is 15.0. The summed E-state index contributed by atoms with van der Waals surface area (Å²) in [6.07, 6.45) is 1.60. The molecule has 6 heteroatoms. The molecule has 1 aromatic heterocycles. The minimum absolute atomic E-state index is 0.107. The Bertz CT molecular complexity index is 805. The van der Waals surface area contributed by atoms with Crippen LogP contribution in [0.25, 0.3) is 0 Å². The number of aliphatic hydroxyl groups excluding tert-OH is 1. The van der Waals surface area contributed by atoms with Crippen molar-refractivity contribution in [3.63, 3.8) is 0 Å². The zero-order chi connectivity index (χ0) is 15.3. The summed E-state index contributed by atoms with van der Waals surface area (Å²) in [5.41, 5.74) is 1.55. The van der Waals surface area contributed by atoms with E-state index in [9.17, 15) is 8.42 Å². The summed E-state index contributed by atoms with van der Waals surface area (Å²) in [7, 11) is -3.70. The molecule has 0 saturated carbocycles. The fraction of sp³-hybridized carbons (Fsp3) is 0.133. The number of aromatic nitrogens is 1. The number of sulfonamides is 1. The second kappa shape index (κ2) is 6.39. The lowest BCUT2D eigenvalue weighted by Crippen LogP contribution is -2.14. The molecular formula is C15H14N2O3S. The number of hydrogen-bond acceptors (Lipinski definition) is 4. The van der Waals surface area contributed by atoms with Gasteiger partial charge in [-0.3, -0.25) is 9.71 Å². The molecule has 0 saturated heterocycles. The normalized spacial score (nSPS) is 10.6. The van der Waals surface area contributed by atoms with Gasteiger partial charge < -0.3 is 5.11 Å². The van der Waals surface area contributed by atoms with Crippen molar-refractivity contribution in [3.8, 4) is 11.8 Å². The molecule has 0 radical (unpaired) electrons. The van der Waals surface area contributed by atoms with Crippen molar-refractivity contribution < 1.29 is 13.5 Å². The summed E-state index contributed by atoms with van der Waals surface area (Å²) in [5, 5.41) is 8.67. The Balaban J connectivity index is 2.34. The van der Waals surface area contributed by atoms with E-state index in [0.717, 1.165) is 0 Å². The average molecular weight is 302 g/mol. The van der Waals surface area contributed by atoms with Crippen molar-refractivity contribution in [2.45, 2.75) is 11.8 Å². The molecule has 2 N–H and O–H groups in total. The SMILES string of the molecule is Cc1ncccc1NS(=O)(=O)c1cccc(C#CCO)c1. The van der Waals surface area contributed by atoms with Crippen LogP contribution in [0.1, 0.15) is 11.3 Å². The van der Waals surface area contributed by atoms with Crippen molar-refractivity contribution in [2.75, 3.05) is 11.3 Å². The number of pyridine rings is 1. The maximum Gasteiger partial charge on any atom is 0.261 e. The Labute approximate surface area is 123 Å². The molecule has 1 aromatic carbocycles. The molecule has 0 aliphatic carbocycles. The van der Waals surface area contributed by atoms with Crippen LogP contribution in [0.4, 0.5) is 5.69 Å². The van der Waals surface area contributed by atoms with Crippen LogP contribution >= 0.6 is 0 Å². The number of rotatable bonds is 3. The number of aryl methyl sites for hydroxylation is 1. The van der Waals surface area contributed by atoms with Gasteiger partial charge in [0.1, 0.15) is 6.61 Å². The van der Waals surface area contributed by atoms with Gasteiger partial charge in [-0.1, -0.05) is 17.9 Å². The summed E-state index contributed by atoms with van der Waals surface area (Å²) in [5.74, 6) is 5.16. The molecule has 21 heavy (non-hydrogen) atoms. The number of aliphatic hydroxyl groups is 1. The van der Waals surface area contributed by atoms with E-state index in [1.54, 1.807) is 37.4 Å². The lowest BCUT2D eigenvalue weighted by molar-refractivity contribution is 0.350. The van der Waals surface area contributed by atoms with E-state index in [-0.39, 0.29) is 11.5 Å². The fourth-order valence-corrected chi connectivity index (χ4v) is 2.84. The van der Waals surface area contributed by atoms with Crippen LogP contribution in [0.15, 0.2) is 47.5 Å². The summed E-state index contributed by atoms with van der Waals surface area (Å²) in [6, 6.07) is 9.53. The van der Waals surface area contributed by atoms with E-state index < -0.39 is 10.0 Å². The van der Waals surface area contributed by atoms with Gasteiger partial charge in [-0.2, -0.15) is 0 Å². The third kappa shape index (κ3) is 3.81. The van der Waals surface area contributed by atoms with Gasteiger partial charge in [0.25, 0.3) is 10.0 Å². The largest absolute Gasteiger partial charge is 0.384 e. The van der Waals surface area contributed by atoms with Crippen LogP contribution in [0.3, 0.4) is 0 Å². The molecule has 1 heterocycles.